The number of hydrogen-bond donors (Lipinski definition) is 20. The first-order valence-corrected chi connectivity index (χ1v) is 39.6. The van der Waals surface area contributed by atoms with Crippen molar-refractivity contribution in [2.24, 2.45) is 17.4 Å². The number of phenolic OH excluding ortho intramolecular Hbond substituents is 3. The summed E-state index contributed by atoms with van der Waals surface area (Å²) in [5.74, 6) is -16.2. The van der Waals surface area contributed by atoms with Crippen molar-refractivity contribution < 1.29 is 127 Å². The molecule has 8 heterocycles. The number of carboxylic acid groups (broad SMARTS) is 1. The summed E-state index contributed by atoms with van der Waals surface area (Å²) in [6.45, 7) is 8.88. The Morgan fingerprint density at radius 2 is 1.26 bits per heavy atom. The van der Waals surface area contributed by atoms with Crippen molar-refractivity contribution in [3.63, 3.8) is 0 Å². The predicted octanol–water partition coefficient (Wildman–Crippen LogP) is 3.48. The van der Waals surface area contributed by atoms with E-state index in [0.29, 0.717) is 5.56 Å². The van der Waals surface area contributed by atoms with Crippen LogP contribution in [0.3, 0.4) is 0 Å². The number of fused-ring (bicyclic) bond motifs is 15. The van der Waals surface area contributed by atoms with E-state index >= 15 is 24.0 Å². The third-order valence-electron chi connectivity index (χ3n) is 21.8. The predicted molar refractivity (Wildman–Crippen MR) is 425 cm³/mol. The zero-order valence-electron chi connectivity index (χ0n) is 65.3. The number of rotatable bonds is 18. The van der Waals surface area contributed by atoms with Crippen LogP contribution in [0.1, 0.15) is 131 Å². The minimum Gasteiger partial charge on any atom is -0.508 e. The zero-order chi connectivity index (χ0) is 87.2. The van der Waals surface area contributed by atoms with Gasteiger partial charge in [-0.2, -0.15) is 0 Å². The Bertz CT molecular complexity index is 4940. The van der Waals surface area contributed by atoms with Gasteiger partial charge in [-0.3, -0.25) is 33.6 Å². The van der Waals surface area contributed by atoms with Crippen molar-refractivity contribution in [1.82, 2.24) is 42.5 Å². The molecule has 6 aromatic carbocycles. The number of carbonyl (C=O) groups excluding carboxylic acids is 7. The van der Waals surface area contributed by atoms with Gasteiger partial charge in [0.25, 0.3) is 0 Å². The number of phenols is 3. The molecule has 3 saturated heterocycles. The highest BCUT2D eigenvalue weighted by molar-refractivity contribution is 6.42. The van der Waals surface area contributed by atoms with Crippen LogP contribution >= 0.6 is 46.4 Å². The molecule has 0 aromatic heterocycles. The first-order chi connectivity index (χ1) is 56.6. The summed E-state index contributed by atoms with van der Waals surface area (Å²) in [6.07, 6.45) is -23.1. The van der Waals surface area contributed by atoms with Crippen molar-refractivity contribution in [2.45, 2.75) is 207 Å². The number of ether oxygens (including phenoxy) is 8. The number of likely N-dealkylation sites (N-methyl/N-ethyl adjacent to an activating group) is 1. The van der Waals surface area contributed by atoms with Crippen molar-refractivity contribution in [1.29, 1.82) is 0 Å². The van der Waals surface area contributed by atoms with Gasteiger partial charge in [0.1, 0.15) is 89.5 Å². The van der Waals surface area contributed by atoms with Gasteiger partial charge in [-0.15, -0.1) is 0 Å². The lowest BCUT2D eigenvalue weighted by Crippen LogP contribution is -2.65. The number of aliphatic hydroxyl groups excluding tert-OH is 6. The van der Waals surface area contributed by atoms with E-state index in [0.717, 1.165) is 48.5 Å². The lowest BCUT2D eigenvalue weighted by molar-refractivity contribution is -0.334. The van der Waals surface area contributed by atoms with Gasteiger partial charge >= 0.3 is 5.97 Å². The Morgan fingerprint density at radius 1 is 0.642 bits per heavy atom. The molecule has 14 rings (SSSR count). The Hall–Kier alpha value is -9.52. The van der Waals surface area contributed by atoms with Gasteiger partial charge in [0.05, 0.1) is 63.6 Å². The summed E-state index contributed by atoms with van der Waals surface area (Å²) >= 11 is 27.2. The second-order valence-corrected chi connectivity index (χ2v) is 32.9. The molecule has 0 aliphatic carbocycles. The molecular formula is C80H92Cl4N10O26. The van der Waals surface area contributed by atoms with Crippen LogP contribution in [0.4, 0.5) is 0 Å². The molecule has 22 atom stereocenters. The number of aromatic hydroxyl groups is 3. The number of halogens is 4. The van der Waals surface area contributed by atoms with Crippen LogP contribution in [0, 0.1) is 5.92 Å². The number of nitrogens with two attached hydrogens (primary N) is 2. The van der Waals surface area contributed by atoms with Crippen LogP contribution in [0.5, 0.6) is 46.0 Å². The Morgan fingerprint density at radius 3 is 1.88 bits per heavy atom. The topological polar surface area (TPSA) is 561 Å². The molecule has 8 aliphatic heterocycles. The van der Waals surface area contributed by atoms with Gasteiger partial charge in [-0.05, 0) is 142 Å². The van der Waals surface area contributed by atoms with E-state index in [2.05, 4.69) is 42.5 Å². The molecule has 11 bridgehead atoms. The van der Waals surface area contributed by atoms with E-state index in [9.17, 15) is 65.4 Å². The maximum absolute atomic E-state index is 16.5. The molecule has 0 radical (unpaired) electrons. The van der Waals surface area contributed by atoms with E-state index in [1.807, 2.05) is 13.8 Å². The highest BCUT2D eigenvalue weighted by Gasteiger charge is 2.53. The Balaban J connectivity index is 1.10. The molecular weight excluding hydrogens is 1660 g/mol. The molecule has 7 amide bonds. The molecule has 0 unspecified atom stereocenters. The highest BCUT2D eigenvalue weighted by Crippen LogP contribution is 2.51. The number of amides is 7. The van der Waals surface area contributed by atoms with Crippen molar-refractivity contribution in [3.05, 3.63) is 151 Å². The number of carbonyl (C=O) groups is 8. The molecule has 3 fully saturated rings. The van der Waals surface area contributed by atoms with Gasteiger partial charge in [0.15, 0.2) is 36.2 Å². The first kappa shape index (κ1) is 89.7. The van der Waals surface area contributed by atoms with E-state index in [1.165, 1.54) is 51.2 Å². The maximum atomic E-state index is 16.5. The number of aliphatic carboxylic acids is 1. The van der Waals surface area contributed by atoms with Crippen LogP contribution in [-0.4, -0.2) is 215 Å². The van der Waals surface area contributed by atoms with E-state index < -0.39 is 261 Å². The molecule has 120 heavy (non-hydrogen) atoms. The van der Waals surface area contributed by atoms with Gasteiger partial charge in [-0.1, -0.05) is 84.5 Å². The van der Waals surface area contributed by atoms with Gasteiger partial charge in [0.2, 0.25) is 53.4 Å². The summed E-state index contributed by atoms with van der Waals surface area (Å²) in [5, 5.41) is 137. The molecule has 22 N–H and O–H groups in total. The number of primary amides is 1. The van der Waals surface area contributed by atoms with Crippen LogP contribution < -0.4 is 68.2 Å². The fraction of sp³-hybridized carbons (Fsp3) is 0.450. The maximum Gasteiger partial charge on any atom is 0.330 e. The minimum atomic E-state index is -2.40. The minimum absolute atomic E-state index is 0.106. The zero-order valence-corrected chi connectivity index (χ0v) is 68.3. The fourth-order valence-corrected chi connectivity index (χ4v) is 16.1. The van der Waals surface area contributed by atoms with E-state index in [-0.39, 0.29) is 69.2 Å². The van der Waals surface area contributed by atoms with Crippen molar-refractivity contribution in [2.75, 3.05) is 13.7 Å². The van der Waals surface area contributed by atoms with Gasteiger partial charge < -0.3 is 143 Å². The number of nitrogens with one attached hydrogen (secondary N) is 8. The van der Waals surface area contributed by atoms with Gasteiger partial charge in [-0.25, -0.2) is 4.79 Å². The summed E-state index contributed by atoms with van der Waals surface area (Å²) in [6, 6.07) is 4.39. The largest absolute Gasteiger partial charge is 0.508 e. The average Bonchev–Trinajstić information content (AvgIpc) is 0.764. The SMILES string of the molecule is CN[C@H](CC(C)C)C(=O)N[C@H]1C(=O)N[C@@H](CC(N)=O)C(=O)N[C@H]2C(=O)N[C@H]3C(=O)N[C@H](C(=O)N[C@@H](C(=O)O)c4cc(O)cc(O)c4-c4cc3ccc4O)[C@H](O[C@H]3C[C@](C)(N)[C@H](O)[C@H](C)O3)c3ccc(c(Cl)c3)Oc3cc2cc(c3O[C@@H]2O[C@H](CO)[C@@H](O)[C@H](O)[C@H]2O[C@H]2C[C@](C)(NCc3ccc(Cl)c(Cl)c3)[C@H](O)[C@H](C)O2)Oc2ccc(cc2Cl)[C@H]1O. The number of carboxylic acids is 1. The summed E-state index contributed by atoms with van der Waals surface area (Å²) in [5.41, 5.74) is 7.54. The Kier molecular flexibility index (Phi) is 27.4. The monoisotopic (exact) mass is 1750 g/mol. The third kappa shape index (κ3) is 19.4. The molecule has 6 aromatic rings. The lowest BCUT2D eigenvalue weighted by atomic mass is 9.84. The quantitative estimate of drug-likeness (QED) is 0.0585. The molecule has 8 aliphatic rings. The molecule has 0 saturated carbocycles. The lowest BCUT2D eigenvalue weighted by Gasteiger charge is -2.48. The smallest absolute Gasteiger partial charge is 0.330 e. The third-order valence-corrected chi connectivity index (χ3v) is 23.1. The number of aliphatic hydroxyl groups is 6. The van der Waals surface area contributed by atoms with E-state index in [1.54, 1.807) is 32.0 Å². The molecule has 36 nitrogen and oxygen atoms in total. The second-order valence-electron chi connectivity index (χ2n) is 31.3. The molecule has 40 heteroatoms. The standard InChI is InChI=1S/C80H92Cl4N10O26/c1-30(2)16-45(87-7)71(105)93-61-63(100)35-10-14-49(43(83)19-35)115-51-21-37-22-52(67(51)120-78-68(65(102)64(101)53(29-95)117-78)119-56-27-80(6,70(104)32(4)114-56)88-28-33-8-12-41(81)42(82)17-33)116-50-15-11-36(20-44(50)84)66(118-55-26-79(5,86)69(103)31(3)113-55)62-76(110)92-60(77(111)112)40-23-38(96)24-48(98)57(40)39-18-34(9-13-47(39)97)58(73(107)94-62)91-74(108)59(37)90-72(106)46(25-54(85)99)89-75(61)109/h8-15,17-24,30-32,45-46,53,55-56,58-66,68-70,78,87-88,95-98,100-104H,16,25-29,86H2,1-7H3,(H2,85,99)(H,89,109)(H,90,106)(H,91,108)(H,92,110)(H,93,105)(H,94,107)(H,111,112)/t31-,32-,45+,46-,53+,55-,56-,58+,59+,60+,61+,62-,63+,64+,65-,66+,68+,69+,70+,78-,79-,80-/m0/s1. The summed E-state index contributed by atoms with van der Waals surface area (Å²) < 4.78 is 52.6. The van der Waals surface area contributed by atoms with Crippen molar-refractivity contribution in [3.8, 4) is 57.1 Å². The number of benzene rings is 6. The molecule has 646 valence electrons. The van der Waals surface area contributed by atoms with Gasteiger partial charge in [0, 0.05) is 53.2 Å². The highest BCUT2D eigenvalue weighted by atomic mass is 35.5. The van der Waals surface area contributed by atoms with Crippen molar-refractivity contribution >= 4 is 93.7 Å². The fourth-order valence-electron chi connectivity index (χ4n) is 15.4. The Labute approximate surface area is 705 Å². The van der Waals surface area contributed by atoms with Crippen LogP contribution in [0.25, 0.3) is 11.1 Å². The van der Waals surface area contributed by atoms with Crippen LogP contribution in [-0.2, 0) is 68.6 Å². The van der Waals surface area contributed by atoms with Crippen LogP contribution in [0.15, 0.2) is 97.1 Å². The normalized spacial score (nSPS) is 30.5. The molecule has 0 spiro atoms. The second kappa shape index (κ2) is 36.7. The summed E-state index contributed by atoms with van der Waals surface area (Å²) in [4.78, 5) is 121. The summed E-state index contributed by atoms with van der Waals surface area (Å²) in [7, 11) is 1.47. The number of hydrogen-bond acceptors (Lipinski definition) is 28. The van der Waals surface area contributed by atoms with E-state index in [4.69, 9.17) is 95.8 Å². The first-order valence-electron chi connectivity index (χ1n) is 38.1. The average molecular weight is 1750 g/mol. The van der Waals surface area contributed by atoms with Crippen LogP contribution in [0.2, 0.25) is 20.1 Å².